The molecule has 1 aliphatic rings. The van der Waals surface area contributed by atoms with Gasteiger partial charge in [-0.3, -0.25) is 9.58 Å². The first-order valence-corrected chi connectivity index (χ1v) is 8.93. The van der Waals surface area contributed by atoms with Gasteiger partial charge in [-0.2, -0.15) is 16.4 Å². The zero-order valence-electron chi connectivity index (χ0n) is 13.1. The molecule has 0 aliphatic carbocycles. The van der Waals surface area contributed by atoms with E-state index in [1.165, 1.54) is 11.3 Å². The number of rotatable bonds is 3. The molecule has 0 amide bonds. The number of thiophene rings is 1. The Labute approximate surface area is 143 Å². The molecule has 1 N–H and O–H groups in total. The van der Waals surface area contributed by atoms with Crippen LogP contribution in [0.1, 0.15) is 34.3 Å². The van der Waals surface area contributed by atoms with Gasteiger partial charge in [0.25, 0.3) is 0 Å². The zero-order valence-corrected chi connectivity index (χ0v) is 14.7. The molecule has 0 spiro atoms. The summed E-state index contributed by atoms with van der Waals surface area (Å²) in [5.41, 5.74) is 5.77. The number of hydrogen-bond donors (Lipinski definition) is 1. The molecule has 1 atom stereocenters. The van der Waals surface area contributed by atoms with Gasteiger partial charge in [-0.15, -0.1) is 0 Å². The third-order valence-corrected chi connectivity index (χ3v) is 5.69. The van der Waals surface area contributed by atoms with Gasteiger partial charge in [-0.05, 0) is 29.3 Å². The molecule has 4 rings (SSSR count). The van der Waals surface area contributed by atoms with Gasteiger partial charge in [-0.25, -0.2) is 4.98 Å². The molecule has 0 aromatic carbocycles. The molecule has 0 fully saturated rings. The Kier molecular flexibility index (Phi) is 3.75. The fourth-order valence-electron chi connectivity index (χ4n) is 3.35. The van der Waals surface area contributed by atoms with Crippen molar-refractivity contribution in [3.8, 4) is 0 Å². The Morgan fingerprint density at radius 2 is 2.35 bits per heavy atom. The predicted octanol–water partition coefficient (Wildman–Crippen LogP) is 3.31. The molecule has 120 valence electrons. The summed E-state index contributed by atoms with van der Waals surface area (Å²) >= 11 is 8.16. The summed E-state index contributed by atoms with van der Waals surface area (Å²) in [4.78, 5) is 10.3. The van der Waals surface area contributed by atoms with Crippen LogP contribution in [-0.2, 0) is 20.0 Å². The van der Waals surface area contributed by atoms with Gasteiger partial charge in [0.1, 0.15) is 5.15 Å². The fraction of sp³-hybridized carbons (Fsp3) is 0.375. The van der Waals surface area contributed by atoms with Gasteiger partial charge in [0.05, 0.1) is 23.8 Å². The molecule has 23 heavy (non-hydrogen) atoms. The normalized spacial score (nSPS) is 18.3. The molecule has 7 heteroatoms. The van der Waals surface area contributed by atoms with Crippen LogP contribution < -0.4 is 0 Å². The lowest BCUT2D eigenvalue weighted by Gasteiger charge is -2.34. The highest BCUT2D eigenvalue weighted by molar-refractivity contribution is 7.08. The van der Waals surface area contributed by atoms with Gasteiger partial charge >= 0.3 is 0 Å². The average molecular weight is 348 g/mol. The Bertz CT molecular complexity index is 820. The van der Waals surface area contributed by atoms with E-state index in [0.29, 0.717) is 0 Å². The van der Waals surface area contributed by atoms with Crippen molar-refractivity contribution in [1.82, 2.24) is 24.6 Å². The number of hydrogen-bond acceptors (Lipinski definition) is 4. The molecule has 3 aromatic rings. The maximum absolute atomic E-state index is 6.44. The Morgan fingerprint density at radius 1 is 1.48 bits per heavy atom. The molecule has 3 aromatic heterocycles. The van der Waals surface area contributed by atoms with Crippen LogP contribution in [0.5, 0.6) is 0 Å². The summed E-state index contributed by atoms with van der Waals surface area (Å²) in [7, 11) is 1.89. The minimum Gasteiger partial charge on any atom is -0.348 e. The highest BCUT2D eigenvalue weighted by Gasteiger charge is 2.32. The van der Waals surface area contributed by atoms with E-state index in [1.54, 1.807) is 22.3 Å². The lowest BCUT2D eigenvalue weighted by Crippen LogP contribution is -2.35. The smallest absolute Gasteiger partial charge is 0.131 e. The number of aromatic nitrogens is 4. The summed E-state index contributed by atoms with van der Waals surface area (Å²) in [5.74, 6) is 0. The molecular formula is C16H18ClN5S. The quantitative estimate of drug-likeness (QED) is 0.790. The predicted molar refractivity (Wildman–Crippen MR) is 91.8 cm³/mol. The lowest BCUT2D eigenvalue weighted by atomic mass is 9.97. The van der Waals surface area contributed by atoms with Crippen molar-refractivity contribution in [2.75, 3.05) is 6.54 Å². The fourth-order valence-corrected chi connectivity index (χ4v) is 4.26. The summed E-state index contributed by atoms with van der Waals surface area (Å²) in [6, 6.07) is 2.36. The van der Waals surface area contributed by atoms with E-state index in [9.17, 15) is 0 Å². The van der Waals surface area contributed by atoms with Gasteiger partial charge in [0.2, 0.25) is 0 Å². The number of imidazole rings is 1. The third kappa shape index (κ3) is 2.51. The van der Waals surface area contributed by atoms with Crippen LogP contribution in [0.4, 0.5) is 0 Å². The average Bonchev–Trinajstić information content (AvgIpc) is 3.25. The first-order valence-electron chi connectivity index (χ1n) is 7.61. The van der Waals surface area contributed by atoms with Crippen molar-refractivity contribution in [3.63, 3.8) is 0 Å². The lowest BCUT2D eigenvalue weighted by molar-refractivity contribution is 0.200. The number of nitrogens with one attached hydrogen (secondary N) is 1. The van der Waals surface area contributed by atoms with Crippen molar-refractivity contribution < 1.29 is 0 Å². The molecule has 0 saturated heterocycles. The van der Waals surface area contributed by atoms with E-state index >= 15 is 0 Å². The van der Waals surface area contributed by atoms with Gasteiger partial charge < -0.3 is 4.98 Å². The Balaban J connectivity index is 1.73. The SMILES string of the molecule is Cc1nn(C)c(Cl)c1CN1CCc2[nH]cnc2[C@@H]1c1ccsc1. The van der Waals surface area contributed by atoms with Crippen molar-refractivity contribution >= 4 is 22.9 Å². The first-order chi connectivity index (χ1) is 11.1. The Hall–Kier alpha value is -1.63. The molecule has 0 unspecified atom stereocenters. The molecule has 4 heterocycles. The van der Waals surface area contributed by atoms with Crippen molar-refractivity contribution in [1.29, 1.82) is 0 Å². The number of H-pyrrole nitrogens is 1. The van der Waals surface area contributed by atoms with Crippen LogP contribution in [0.15, 0.2) is 23.2 Å². The number of aromatic amines is 1. The summed E-state index contributed by atoms with van der Waals surface area (Å²) in [6.45, 7) is 3.77. The van der Waals surface area contributed by atoms with E-state index in [4.69, 9.17) is 11.6 Å². The minimum atomic E-state index is 0.173. The van der Waals surface area contributed by atoms with Gasteiger partial charge in [-0.1, -0.05) is 11.6 Å². The second-order valence-corrected chi connectivity index (χ2v) is 7.06. The van der Waals surface area contributed by atoms with Crippen LogP contribution in [-0.4, -0.2) is 31.2 Å². The monoisotopic (exact) mass is 347 g/mol. The topological polar surface area (TPSA) is 49.7 Å². The summed E-state index contributed by atoms with van der Waals surface area (Å²) in [6.07, 6.45) is 2.78. The summed E-state index contributed by atoms with van der Waals surface area (Å²) in [5, 5.41) is 9.49. The van der Waals surface area contributed by atoms with Crippen LogP contribution in [0.25, 0.3) is 0 Å². The minimum absolute atomic E-state index is 0.173. The second-order valence-electron chi connectivity index (χ2n) is 5.92. The highest BCUT2D eigenvalue weighted by Crippen LogP contribution is 2.36. The number of nitrogens with zero attached hydrogens (tertiary/aromatic N) is 4. The van der Waals surface area contributed by atoms with Crippen molar-refractivity contribution in [2.45, 2.75) is 25.9 Å². The number of halogens is 1. The van der Waals surface area contributed by atoms with Gasteiger partial charge in [0.15, 0.2) is 0 Å². The standard InChI is InChI=1S/C16H18ClN5S/c1-10-12(16(17)21(2)20-10)7-22-5-3-13-14(19-9-18-13)15(22)11-4-6-23-8-11/h4,6,8-9,15H,3,5,7H2,1-2H3,(H,18,19)/t15-/m0/s1. The van der Waals surface area contributed by atoms with E-state index in [-0.39, 0.29) is 6.04 Å². The van der Waals surface area contributed by atoms with Crippen molar-refractivity contribution in [2.24, 2.45) is 7.05 Å². The van der Waals surface area contributed by atoms with Crippen LogP contribution in [0, 0.1) is 6.92 Å². The molecule has 0 radical (unpaired) electrons. The van der Waals surface area contributed by atoms with E-state index in [2.05, 4.69) is 36.8 Å². The zero-order chi connectivity index (χ0) is 16.0. The molecule has 5 nitrogen and oxygen atoms in total. The van der Waals surface area contributed by atoms with Gasteiger partial charge in [0, 0.05) is 37.8 Å². The summed E-state index contributed by atoms with van der Waals surface area (Å²) < 4.78 is 1.75. The second kappa shape index (κ2) is 5.78. The van der Waals surface area contributed by atoms with E-state index in [1.807, 2.05) is 14.0 Å². The largest absolute Gasteiger partial charge is 0.348 e. The Morgan fingerprint density at radius 3 is 3.04 bits per heavy atom. The molecular weight excluding hydrogens is 330 g/mol. The number of aryl methyl sites for hydroxylation is 2. The first kappa shape index (κ1) is 14.9. The van der Waals surface area contributed by atoms with Crippen molar-refractivity contribution in [3.05, 3.63) is 56.5 Å². The molecule has 0 saturated carbocycles. The maximum atomic E-state index is 6.44. The van der Waals surface area contributed by atoms with Crippen LogP contribution in [0.3, 0.4) is 0 Å². The van der Waals surface area contributed by atoms with E-state index in [0.717, 1.165) is 41.6 Å². The maximum Gasteiger partial charge on any atom is 0.131 e. The third-order valence-electron chi connectivity index (χ3n) is 4.51. The number of fused-ring (bicyclic) bond motifs is 1. The molecule has 0 bridgehead atoms. The van der Waals surface area contributed by atoms with Crippen LogP contribution in [0.2, 0.25) is 5.15 Å². The van der Waals surface area contributed by atoms with Crippen LogP contribution >= 0.6 is 22.9 Å². The molecule has 1 aliphatic heterocycles. The van der Waals surface area contributed by atoms with E-state index < -0.39 is 0 Å². The highest BCUT2D eigenvalue weighted by atomic mass is 35.5.